The topological polar surface area (TPSA) is 63.7 Å². The van der Waals surface area contributed by atoms with Crippen LogP contribution in [0.3, 0.4) is 0 Å². The third kappa shape index (κ3) is 3.71. The summed E-state index contributed by atoms with van der Waals surface area (Å²) in [6, 6.07) is 21.4. The van der Waals surface area contributed by atoms with Gasteiger partial charge in [0.05, 0.1) is 17.7 Å². The number of carbonyl (C=O) groups excluding carboxylic acids is 1. The molecule has 6 heteroatoms. The van der Waals surface area contributed by atoms with E-state index in [-0.39, 0.29) is 17.2 Å². The average molecular weight is 422 g/mol. The fourth-order valence-corrected chi connectivity index (χ4v) is 5.31. The molecule has 1 atom stereocenters. The Morgan fingerprint density at radius 3 is 2.37 bits per heavy atom. The Morgan fingerprint density at radius 2 is 1.70 bits per heavy atom. The molecule has 5 nitrogen and oxygen atoms in total. The first-order chi connectivity index (χ1) is 14.4. The molecule has 1 aliphatic heterocycles. The van der Waals surface area contributed by atoms with Crippen molar-refractivity contribution in [3.63, 3.8) is 0 Å². The number of hydrogen-bond donors (Lipinski definition) is 0. The predicted octanol–water partition coefficient (Wildman–Crippen LogP) is 4.25. The normalized spacial score (nSPS) is 16.3. The van der Waals surface area contributed by atoms with Crippen molar-refractivity contribution in [2.45, 2.75) is 18.2 Å². The second kappa shape index (κ2) is 7.95. The SMILES string of the molecule is COc1ccc2c(c1)C(=O)C(Cc1ccccc1)CN2S(=O)(=O)c1ccc(C)cc1. The van der Waals surface area contributed by atoms with Crippen molar-refractivity contribution < 1.29 is 17.9 Å². The number of hydrogen-bond acceptors (Lipinski definition) is 4. The van der Waals surface area contributed by atoms with Gasteiger partial charge in [-0.05, 0) is 49.2 Å². The lowest BCUT2D eigenvalue weighted by atomic mass is 9.87. The van der Waals surface area contributed by atoms with Crippen molar-refractivity contribution in [2.24, 2.45) is 5.92 Å². The maximum Gasteiger partial charge on any atom is 0.264 e. The average Bonchev–Trinajstić information content (AvgIpc) is 2.76. The highest BCUT2D eigenvalue weighted by molar-refractivity contribution is 7.92. The number of sulfonamides is 1. The molecule has 0 radical (unpaired) electrons. The van der Waals surface area contributed by atoms with E-state index < -0.39 is 15.9 Å². The quantitative estimate of drug-likeness (QED) is 0.618. The zero-order valence-corrected chi connectivity index (χ0v) is 17.7. The maximum absolute atomic E-state index is 13.5. The minimum Gasteiger partial charge on any atom is -0.497 e. The van der Waals surface area contributed by atoms with E-state index in [2.05, 4.69) is 0 Å². The Bertz CT molecular complexity index is 1170. The van der Waals surface area contributed by atoms with Gasteiger partial charge in [-0.25, -0.2) is 8.42 Å². The lowest BCUT2D eigenvalue weighted by Gasteiger charge is -2.34. The number of Topliss-reactive ketones (excluding diaryl/α,β-unsaturated/α-hetero) is 1. The van der Waals surface area contributed by atoms with Crippen LogP contribution in [0.5, 0.6) is 5.75 Å². The van der Waals surface area contributed by atoms with Gasteiger partial charge in [-0.2, -0.15) is 0 Å². The number of rotatable bonds is 5. The highest BCUT2D eigenvalue weighted by Crippen LogP contribution is 2.37. The summed E-state index contributed by atoms with van der Waals surface area (Å²) in [4.78, 5) is 13.5. The van der Waals surface area contributed by atoms with Gasteiger partial charge in [0.25, 0.3) is 10.0 Å². The van der Waals surface area contributed by atoms with E-state index in [9.17, 15) is 13.2 Å². The molecule has 1 heterocycles. The summed E-state index contributed by atoms with van der Waals surface area (Å²) < 4.78 is 33.7. The first-order valence-electron chi connectivity index (χ1n) is 9.76. The van der Waals surface area contributed by atoms with E-state index in [1.165, 1.54) is 11.4 Å². The highest BCUT2D eigenvalue weighted by atomic mass is 32.2. The summed E-state index contributed by atoms with van der Waals surface area (Å²) in [7, 11) is -2.30. The fourth-order valence-electron chi connectivity index (χ4n) is 3.78. The smallest absolute Gasteiger partial charge is 0.264 e. The molecule has 4 rings (SSSR count). The Morgan fingerprint density at radius 1 is 1.00 bits per heavy atom. The van der Waals surface area contributed by atoms with Gasteiger partial charge in [0.2, 0.25) is 0 Å². The molecule has 30 heavy (non-hydrogen) atoms. The van der Waals surface area contributed by atoms with Crippen molar-refractivity contribution in [3.8, 4) is 5.75 Å². The van der Waals surface area contributed by atoms with Crippen LogP contribution in [-0.2, 0) is 16.4 Å². The highest BCUT2D eigenvalue weighted by Gasteiger charge is 2.38. The third-order valence-corrected chi connectivity index (χ3v) is 7.22. The molecule has 0 bridgehead atoms. The molecule has 154 valence electrons. The zero-order chi connectivity index (χ0) is 21.3. The molecule has 0 aromatic heterocycles. The molecule has 0 spiro atoms. The molecule has 3 aromatic rings. The van der Waals surface area contributed by atoms with Crippen LogP contribution in [0.1, 0.15) is 21.5 Å². The molecule has 0 aliphatic carbocycles. The van der Waals surface area contributed by atoms with Gasteiger partial charge in [-0.1, -0.05) is 48.0 Å². The lowest BCUT2D eigenvalue weighted by Crippen LogP contribution is -2.43. The molecule has 0 N–H and O–H groups in total. The zero-order valence-electron chi connectivity index (χ0n) is 16.9. The summed E-state index contributed by atoms with van der Waals surface area (Å²) >= 11 is 0. The van der Waals surface area contributed by atoms with Crippen LogP contribution in [0.2, 0.25) is 0 Å². The van der Waals surface area contributed by atoms with E-state index in [0.29, 0.717) is 23.4 Å². The Hall–Kier alpha value is -3.12. The summed E-state index contributed by atoms with van der Waals surface area (Å²) in [5.74, 6) is -0.0227. The van der Waals surface area contributed by atoms with Gasteiger partial charge in [-0.3, -0.25) is 9.10 Å². The predicted molar refractivity (Wildman–Crippen MR) is 117 cm³/mol. The molecular formula is C24H23NO4S. The minimum absolute atomic E-state index is 0.0666. The summed E-state index contributed by atoms with van der Waals surface area (Å²) in [6.07, 6.45) is 0.468. The van der Waals surface area contributed by atoms with E-state index in [0.717, 1.165) is 11.1 Å². The van der Waals surface area contributed by atoms with Crippen LogP contribution < -0.4 is 9.04 Å². The van der Waals surface area contributed by atoms with Crippen LogP contribution in [-0.4, -0.2) is 27.9 Å². The number of methoxy groups -OCH3 is 1. The van der Waals surface area contributed by atoms with Crippen molar-refractivity contribution >= 4 is 21.5 Å². The van der Waals surface area contributed by atoms with Crippen LogP contribution in [0, 0.1) is 12.8 Å². The number of anilines is 1. The molecule has 0 saturated heterocycles. The van der Waals surface area contributed by atoms with Gasteiger partial charge in [0.15, 0.2) is 5.78 Å². The molecule has 3 aromatic carbocycles. The molecule has 0 amide bonds. The fraction of sp³-hybridized carbons (Fsp3) is 0.208. The number of fused-ring (bicyclic) bond motifs is 1. The lowest BCUT2D eigenvalue weighted by molar-refractivity contribution is 0.0918. The number of aryl methyl sites for hydroxylation is 1. The first kappa shape index (κ1) is 20.2. The summed E-state index contributed by atoms with van der Waals surface area (Å²) in [5.41, 5.74) is 2.74. The number of nitrogens with zero attached hydrogens (tertiary/aromatic N) is 1. The van der Waals surface area contributed by atoms with Gasteiger partial charge in [0.1, 0.15) is 5.75 Å². The second-order valence-corrected chi connectivity index (χ2v) is 9.35. The third-order valence-electron chi connectivity index (χ3n) is 5.43. The molecule has 1 unspecified atom stereocenters. The monoisotopic (exact) mass is 421 g/mol. The first-order valence-corrected chi connectivity index (χ1v) is 11.2. The number of ketones is 1. The van der Waals surface area contributed by atoms with E-state index in [1.807, 2.05) is 37.3 Å². The van der Waals surface area contributed by atoms with Gasteiger partial charge in [0, 0.05) is 18.0 Å². The molecular weight excluding hydrogens is 398 g/mol. The largest absolute Gasteiger partial charge is 0.497 e. The summed E-state index contributed by atoms with van der Waals surface area (Å²) in [5, 5.41) is 0. The minimum atomic E-state index is -3.82. The number of ether oxygens (including phenoxy) is 1. The Kier molecular flexibility index (Phi) is 5.35. The van der Waals surface area contributed by atoms with E-state index >= 15 is 0 Å². The van der Waals surface area contributed by atoms with Gasteiger partial charge in [-0.15, -0.1) is 0 Å². The standard InChI is InChI=1S/C24H23NO4S/c1-17-8-11-21(12-9-17)30(27,28)25-16-19(14-18-6-4-3-5-7-18)24(26)22-15-20(29-2)10-13-23(22)25/h3-13,15,19H,14,16H2,1-2H3. The van der Waals surface area contributed by atoms with Crippen molar-refractivity contribution in [2.75, 3.05) is 18.0 Å². The molecule has 1 aliphatic rings. The number of carbonyl (C=O) groups is 1. The second-order valence-electron chi connectivity index (χ2n) is 7.48. The van der Waals surface area contributed by atoms with Gasteiger partial charge < -0.3 is 4.74 Å². The molecule has 0 fully saturated rings. The van der Waals surface area contributed by atoms with Crippen molar-refractivity contribution in [1.29, 1.82) is 0 Å². The molecule has 0 saturated carbocycles. The number of benzene rings is 3. The summed E-state index contributed by atoms with van der Waals surface area (Å²) in [6.45, 7) is 2.01. The Labute approximate surface area is 177 Å². The van der Waals surface area contributed by atoms with Crippen LogP contribution in [0.25, 0.3) is 0 Å². The van der Waals surface area contributed by atoms with E-state index in [1.54, 1.807) is 42.5 Å². The van der Waals surface area contributed by atoms with Crippen molar-refractivity contribution in [3.05, 3.63) is 89.5 Å². The van der Waals surface area contributed by atoms with Gasteiger partial charge >= 0.3 is 0 Å². The Balaban J connectivity index is 1.80. The van der Waals surface area contributed by atoms with E-state index in [4.69, 9.17) is 4.74 Å². The van der Waals surface area contributed by atoms with Crippen LogP contribution in [0.15, 0.2) is 77.7 Å². The van der Waals surface area contributed by atoms with Crippen molar-refractivity contribution in [1.82, 2.24) is 0 Å². The van der Waals surface area contributed by atoms with Crippen LogP contribution in [0.4, 0.5) is 5.69 Å². The van der Waals surface area contributed by atoms with Crippen LogP contribution >= 0.6 is 0 Å². The maximum atomic E-state index is 13.5.